The molecule has 0 spiro atoms. The summed E-state index contributed by atoms with van der Waals surface area (Å²) in [5.74, 6) is -3.65. The molecule has 13 aromatic rings. The molecule has 25 nitrogen and oxygen atoms in total. The maximum atomic E-state index is 12.7. The first kappa shape index (κ1) is 86.2. The summed E-state index contributed by atoms with van der Waals surface area (Å²) in [6, 6.07) is 81.9. The fourth-order valence-corrected chi connectivity index (χ4v) is 10.7. The van der Waals surface area contributed by atoms with E-state index < -0.39 is 29.7 Å². The largest absolute Gasteiger partial charge is 0.507 e. The minimum atomic E-state index is -0.635. The van der Waals surface area contributed by atoms with Crippen LogP contribution in [0.4, 0.5) is 56.9 Å². The van der Waals surface area contributed by atoms with E-state index in [1.807, 2.05) is 146 Å². The highest BCUT2D eigenvalue weighted by Crippen LogP contribution is 2.46. The lowest BCUT2D eigenvalue weighted by molar-refractivity contribution is -0.145. The third-order valence-corrected chi connectivity index (χ3v) is 17.0. The molecule has 0 aromatic heterocycles. The Morgan fingerprint density at radius 2 is 0.700 bits per heavy atom. The molecule has 13 rings (SSSR count). The summed E-state index contributed by atoms with van der Waals surface area (Å²) in [6.45, 7) is 20.8. The molecule has 0 bridgehead atoms. The van der Waals surface area contributed by atoms with Gasteiger partial charge >= 0.3 is 29.8 Å². The van der Waals surface area contributed by atoms with Gasteiger partial charge in [-0.3, -0.25) is 9.59 Å². The van der Waals surface area contributed by atoms with Crippen LogP contribution in [0, 0.1) is 0 Å². The van der Waals surface area contributed by atoms with Crippen LogP contribution in [0.1, 0.15) is 62.0 Å². The molecule has 0 saturated carbocycles. The summed E-state index contributed by atoms with van der Waals surface area (Å²) in [5, 5.41) is 88.0. The van der Waals surface area contributed by atoms with Gasteiger partial charge in [0.05, 0.1) is 58.6 Å². The van der Waals surface area contributed by atoms with E-state index in [0.717, 1.165) is 44.5 Å². The normalized spacial score (nSPS) is 11.0. The van der Waals surface area contributed by atoms with Crippen molar-refractivity contribution in [2.75, 3.05) is 13.2 Å². The Bertz CT molecular complexity index is 6100. The van der Waals surface area contributed by atoms with Crippen molar-refractivity contribution in [2.24, 2.45) is 51.1 Å². The van der Waals surface area contributed by atoms with E-state index in [1.54, 1.807) is 135 Å². The van der Waals surface area contributed by atoms with Gasteiger partial charge in [0.15, 0.2) is 28.8 Å². The lowest BCUT2D eigenvalue weighted by Crippen LogP contribution is -2.11. The standard InChI is InChI=1S/C29H28N2O7.C26H20N4O3.C20H16N2O3.C20H16N2O2/c1-19(2)29(36)38-15-6-9-27(34)37-16-14-20-10-12-22(13-11-20)30-31-24-17-23(25(32)18-26(24)33)28(35)21-7-4-3-5-8-21;1-17(2)26(32)33-23-16-18-8-6-7-11-22(18)24(25(23)31)30-29-21-14-12-20(13-15-21)28-27-19-9-4-3-5-10-19;1-13(2)20(24)25-17-12-14-8-6-7-11-16(14)18(19(17)23)22-21-15-9-4-3-5-10-15;1-14(2)20(23)24-19-13-12-18(16-10-6-7-11-17(16)19)22-21-15-8-4-3-5-9-15/h3-5,7-8,10-13,17-18,32-33H,1,6,9,14-16H2,2H3;3-16,31H,1H2,2H3;3-12,23H,1H2,2H3;3-13H,1H2,2H3. The Morgan fingerprint density at radius 3 is 1.16 bits per heavy atom. The average molecular weight is 1600 g/mol. The number of aromatic hydroxyl groups is 4. The smallest absolute Gasteiger partial charge is 0.338 e. The molecule has 120 heavy (non-hydrogen) atoms. The summed E-state index contributed by atoms with van der Waals surface area (Å²) >= 11 is 0. The van der Waals surface area contributed by atoms with Gasteiger partial charge in [-0.05, 0) is 154 Å². The van der Waals surface area contributed by atoms with E-state index in [-0.39, 0.29) is 93.9 Å². The van der Waals surface area contributed by atoms with Crippen LogP contribution in [0.5, 0.6) is 40.2 Å². The highest BCUT2D eigenvalue weighted by atomic mass is 16.6. The number of rotatable bonds is 26. The molecule has 25 heteroatoms. The zero-order valence-corrected chi connectivity index (χ0v) is 65.7. The van der Waals surface area contributed by atoms with Gasteiger partial charge in [0.2, 0.25) is 0 Å². The monoisotopic (exact) mass is 1600 g/mol. The molecule has 0 radical (unpaired) electrons. The van der Waals surface area contributed by atoms with Gasteiger partial charge in [-0.1, -0.05) is 196 Å². The number of hydrogen-bond acceptors (Lipinski definition) is 25. The SMILES string of the molecule is C=C(C)C(=O)OCCCC(=O)OCCc1ccc(N=Nc2cc(C(=O)c3ccccc3)c(O)cc2O)cc1.C=C(C)C(=O)Oc1cc2ccccc2c(N=Nc2ccc(N=Nc3ccccc3)cc2)c1O.C=C(C)C(=O)Oc1cc2ccccc2c(N=Nc2ccccc2)c1O.C=C(C)C(=O)Oc1ccc(N=Nc2ccccc2)c2ccccc12. The van der Waals surface area contributed by atoms with Crippen molar-refractivity contribution in [1.82, 2.24) is 0 Å². The van der Waals surface area contributed by atoms with E-state index >= 15 is 0 Å². The number of ether oxygens (including phenoxy) is 5. The molecule has 600 valence electrons. The van der Waals surface area contributed by atoms with Gasteiger partial charge in [-0.15, -0.1) is 20.5 Å². The maximum absolute atomic E-state index is 12.7. The van der Waals surface area contributed by atoms with Crippen molar-refractivity contribution in [3.8, 4) is 40.2 Å². The minimum absolute atomic E-state index is 0.000667. The first-order valence-corrected chi connectivity index (χ1v) is 37.2. The third-order valence-electron chi connectivity index (χ3n) is 17.0. The summed E-state index contributed by atoms with van der Waals surface area (Å²) in [4.78, 5) is 71.4. The second-order valence-corrected chi connectivity index (χ2v) is 26.5. The Balaban J connectivity index is 0.000000171. The van der Waals surface area contributed by atoms with Gasteiger partial charge in [0.25, 0.3) is 0 Å². The predicted octanol–water partition coefficient (Wildman–Crippen LogP) is 24.8. The zero-order valence-electron chi connectivity index (χ0n) is 65.7. The number of phenols is 4. The van der Waals surface area contributed by atoms with Gasteiger partial charge in [-0.25, -0.2) is 19.2 Å². The molecule has 4 N–H and O–H groups in total. The number of ketones is 1. The topological polar surface area (TPSA) is 353 Å². The number of fused-ring (bicyclic) bond motifs is 3. The van der Waals surface area contributed by atoms with Crippen molar-refractivity contribution in [3.05, 3.63) is 344 Å². The van der Waals surface area contributed by atoms with Gasteiger partial charge in [-0.2, -0.15) is 30.7 Å². The van der Waals surface area contributed by atoms with Crippen LogP contribution in [0.3, 0.4) is 0 Å². The number of nitrogens with zero attached hydrogens (tertiary/aromatic N) is 10. The highest BCUT2D eigenvalue weighted by molar-refractivity contribution is 6.11. The van der Waals surface area contributed by atoms with Crippen LogP contribution in [-0.4, -0.2) is 69.3 Å². The number of phenolic OH excluding ortho intramolecular Hbond substituents is 4. The van der Waals surface area contributed by atoms with E-state index in [4.69, 9.17) is 23.7 Å². The third kappa shape index (κ3) is 24.9. The van der Waals surface area contributed by atoms with Crippen LogP contribution in [0.25, 0.3) is 32.3 Å². The fourth-order valence-electron chi connectivity index (χ4n) is 10.7. The molecule has 0 atom stereocenters. The molecule has 0 aliphatic heterocycles. The van der Waals surface area contributed by atoms with Gasteiger partial charge in [0, 0.05) is 68.3 Å². The van der Waals surface area contributed by atoms with Gasteiger partial charge in [0.1, 0.15) is 34.3 Å². The lowest BCUT2D eigenvalue weighted by atomic mass is 10.0. The summed E-state index contributed by atoms with van der Waals surface area (Å²) in [6.07, 6.45) is 1.01. The zero-order chi connectivity index (χ0) is 85.5. The Morgan fingerprint density at radius 1 is 0.325 bits per heavy atom. The fraction of sp³-hybridized carbons (Fsp3) is 0.0947. The minimum Gasteiger partial charge on any atom is -0.507 e. The number of azo groups is 5. The van der Waals surface area contributed by atoms with Crippen LogP contribution in [0.2, 0.25) is 0 Å². The molecule has 0 fully saturated rings. The van der Waals surface area contributed by atoms with Crippen molar-refractivity contribution in [1.29, 1.82) is 0 Å². The first-order valence-electron chi connectivity index (χ1n) is 37.2. The molecule has 0 saturated heterocycles. The van der Waals surface area contributed by atoms with Crippen LogP contribution >= 0.6 is 0 Å². The lowest BCUT2D eigenvalue weighted by Gasteiger charge is -2.10. The van der Waals surface area contributed by atoms with Crippen molar-refractivity contribution < 1.29 is 72.9 Å². The quantitative estimate of drug-likeness (QED) is 0.00977. The molecule has 13 aromatic carbocycles. The molecule has 0 amide bonds. The first-order chi connectivity index (χ1) is 58.0. The molecule has 0 unspecified atom stereocenters. The number of esters is 5. The Labute approximate surface area is 690 Å². The summed E-state index contributed by atoms with van der Waals surface area (Å²) < 4.78 is 26.0. The highest BCUT2D eigenvalue weighted by Gasteiger charge is 2.21. The van der Waals surface area contributed by atoms with Crippen molar-refractivity contribution >= 4 is 125 Å². The molecule has 0 heterocycles. The second-order valence-electron chi connectivity index (χ2n) is 26.5. The van der Waals surface area contributed by atoms with E-state index in [0.29, 0.717) is 74.5 Å². The van der Waals surface area contributed by atoms with Crippen molar-refractivity contribution in [3.63, 3.8) is 0 Å². The van der Waals surface area contributed by atoms with E-state index in [9.17, 15) is 49.2 Å². The Hall–Kier alpha value is -16.2. The second kappa shape index (κ2) is 42.8. The van der Waals surface area contributed by atoms with E-state index in [2.05, 4.69) is 77.5 Å². The molecule has 0 aliphatic rings. The van der Waals surface area contributed by atoms with Crippen LogP contribution in [0.15, 0.2) is 379 Å². The molecular weight excluding hydrogens is 1520 g/mol. The number of hydrogen-bond donors (Lipinski definition) is 4. The predicted molar refractivity (Wildman–Crippen MR) is 459 cm³/mol. The van der Waals surface area contributed by atoms with Crippen molar-refractivity contribution in [2.45, 2.75) is 47.0 Å². The Kier molecular flexibility index (Phi) is 30.8. The average Bonchev–Trinajstić information content (AvgIpc) is 0.791. The maximum Gasteiger partial charge on any atom is 0.338 e. The van der Waals surface area contributed by atoms with Crippen LogP contribution in [-0.2, 0) is 39.9 Å². The summed E-state index contributed by atoms with van der Waals surface area (Å²) in [5.41, 5.74) is 7.52. The van der Waals surface area contributed by atoms with E-state index in [1.165, 1.54) is 19.9 Å². The van der Waals surface area contributed by atoms with Crippen LogP contribution < -0.4 is 14.2 Å². The summed E-state index contributed by atoms with van der Waals surface area (Å²) in [7, 11) is 0. The number of benzene rings is 13. The van der Waals surface area contributed by atoms with Gasteiger partial charge < -0.3 is 44.1 Å². The molecular formula is C95H80N10O15. The number of carbonyl (C=O) groups excluding carboxylic acids is 6. The number of carbonyl (C=O) groups is 6. The molecule has 0 aliphatic carbocycles.